The summed E-state index contributed by atoms with van der Waals surface area (Å²) in [6.07, 6.45) is 1.08. The van der Waals surface area contributed by atoms with Crippen LogP contribution in [0.5, 0.6) is 5.75 Å². The lowest BCUT2D eigenvalue weighted by Crippen LogP contribution is -2.39. The fourth-order valence-electron chi connectivity index (χ4n) is 4.58. The maximum Gasteiger partial charge on any atom is 0.253 e. The van der Waals surface area contributed by atoms with E-state index in [1.54, 1.807) is 57.7 Å². The summed E-state index contributed by atoms with van der Waals surface area (Å²) < 4.78 is 31.3. The van der Waals surface area contributed by atoms with Gasteiger partial charge in [0.15, 0.2) is 5.58 Å². The van der Waals surface area contributed by atoms with Crippen molar-refractivity contribution < 1.29 is 23.1 Å². The summed E-state index contributed by atoms with van der Waals surface area (Å²) in [5.74, 6) is 0.904. The summed E-state index contributed by atoms with van der Waals surface area (Å²) in [5, 5.41) is 13.0. The molecule has 0 spiro atoms. The molecule has 9 heteroatoms. The molecule has 3 heterocycles. The lowest BCUT2D eigenvalue weighted by molar-refractivity contribution is 0.0286. The van der Waals surface area contributed by atoms with Gasteiger partial charge in [0, 0.05) is 44.1 Å². The van der Waals surface area contributed by atoms with Crippen LogP contribution < -0.4 is 10.1 Å². The first-order valence-corrected chi connectivity index (χ1v) is 12.2. The normalized spacial score (nSPS) is 17.1. The summed E-state index contributed by atoms with van der Waals surface area (Å²) in [4.78, 5) is 18.4. The molecule has 0 saturated carbocycles. The van der Waals surface area contributed by atoms with Crippen molar-refractivity contribution in [3.05, 3.63) is 65.9 Å². The zero-order valence-corrected chi connectivity index (χ0v) is 21.3. The van der Waals surface area contributed by atoms with Crippen LogP contribution in [0.25, 0.3) is 33.6 Å². The lowest BCUT2D eigenvalue weighted by atomic mass is 10.0. The molecule has 2 aromatic carbocycles. The van der Waals surface area contributed by atoms with E-state index in [1.807, 2.05) is 18.2 Å². The van der Waals surface area contributed by atoms with Gasteiger partial charge >= 0.3 is 0 Å². The highest BCUT2D eigenvalue weighted by Gasteiger charge is 2.26. The molecule has 38 heavy (non-hydrogen) atoms. The van der Waals surface area contributed by atoms with Gasteiger partial charge in [0.25, 0.3) is 5.91 Å². The van der Waals surface area contributed by atoms with Gasteiger partial charge in [0.05, 0.1) is 36.6 Å². The topological polar surface area (TPSA) is 101 Å². The van der Waals surface area contributed by atoms with E-state index in [0.29, 0.717) is 58.0 Å². The molecule has 1 fully saturated rings. The van der Waals surface area contributed by atoms with Crippen LogP contribution >= 0.6 is 0 Å². The highest BCUT2D eigenvalue weighted by molar-refractivity contribution is 5.96. The zero-order chi connectivity index (χ0) is 26.8. The van der Waals surface area contributed by atoms with Crippen molar-refractivity contribution in [2.75, 3.05) is 39.7 Å². The fraction of sp³-hybridized carbons (Fsp3) is 0.276. The Balaban J connectivity index is 1.51. The maximum atomic E-state index is 14.3. The van der Waals surface area contributed by atoms with E-state index < -0.39 is 12.2 Å². The standard InChI is InChI=1S/C29H27FN4O4/c1-34(2)29(35)18-4-6-21(26(13-18)36-3)27-14-25-28(38-27)20(8-10-32-25)17-5-7-23(19(12-17)15-31)33-24-9-11-37-16-22(24)30/h4-8,10,12-14,22,24,33H,9,11,16H2,1-3H3. The number of fused-ring (bicyclic) bond motifs is 1. The monoisotopic (exact) mass is 514 g/mol. The molecule has 1 saturated heterocycles. The van der Waals surface area contributed by atoms with E-state index in [1.165, 1.54) is 4.90 Å². The first-order chi connectivity index (χ1) is 18.4. The quantitative estimate of drug-likeness (QED) is 0.373. The molecule has 0 aliphatic carbocycles. The van der Waals surface area contributed by atoms with Gasteiger partial charge in [-0.1, -0.05) is 6.07 Å². The van der Waals surface area contributed by atoms with Crippen molar-refractivity contribution >= 4 is 22.7 Å². The number of nitriles is 1. The molecule has 2 aromatic heterocycles. The van der Waals surface area contributed by atoms with E-state index >= 15 is 0 Å². The van der Waals surface area contributed by atoms with Gasteiger partial charge in [-0.05, 0) is 48.4 Å². The van der Waals surface area contributed by atoms with Crippen LogP contribution in [0.4, 0.5) is 10.1 Å². The molecule has 1 aliphatic rings. The summed E-state index contributed by atoms with van der Waals surface area (Å²) in [6.45, 7) is 0.528. The molecule has 1 aliphatic heterocycles. The molecule has 4 aromatic rings. The molecule has 0 radical (unpaired) electrons. The fourth-order valence-corrected chi connectivity index (χ4v) is 4.58. The number of furan rings is 1. The molecule has 2 unspecified atom stereocenters. The van der Waals surface area contributed by atoms with E-state index in [0.717, 1.165) is 11.1 Å². The Hall–Kier alpha value is -4.42. The molecular weight excluding hydrogens is 487 g/mol. The number of pyridine rings is 1. The number of nitrogens with zero attached hydrogens (tertiary/aromatic N) is 3. The van der Waals surface area contributed by atoms with Crippen molar-refractivity contribution in [2.45, 2.75) is 18.6 Å². The molecule has 194 valence electrons. The highest BCUT2D eigenvalue weighted by Crippen LogP contribution is 2.38. The second kappa shape index (κ2) is 10.5. The Kier molecular flexibility index (Phi) is 6.99. The van der Waals surface area contributed by atoms with Gasteiger partial charge in [0.1, 0.15) is 29.3 Å². The van der Waals surface area contributed by atoms with Crippen LogP contribution in [0.3, 0.4) is 0 Å². The second-order valence-electron chi connectivity index (χ2n) is 9.30. The predicted molar refractivity (Wildman–Crippen MR) is 142 cm³/mol. The van der Waals surface area contributed by atoms with Crippen molar-refractivity contribution in [1.82, 2.24) is 9.88 Å². The van der Waals surface area contributed by atoms with Crippen molar-refractivity contribution in [2.24, 2.45) is 0 Å². The number of nitrogens with one attached hydrogen (secondary N) is 1. The Bertz CT molecular complexity index is 1540. The largest absolute Gasteiger partial charge is 0.496 e. The number of aromatic nitrogens is 1. The van der Waals surface area contributed by atoms with E-state index in [-0.39, 0.29) is 12.5 Å². The highest BCUT2D eigenvalue weighted by atomic mass is 19.1. The third kappa shape index (κ3) is 4.78. The summed E-state index contributed by atoms with van der Waals surface area (Å²) in [5.41, 5.74) is 4.88. The summed E-state index contributed by atoms with van der Waals surface area (Å²) in [7, 11) is 4.93. The number of anilines is 1. The first kappa shape index (κ1) is 25.2. The first-order valence-electron chi connectivity index (χ1n) is 12.2. The van der Waals surface area contributed by atoms with Crippen molar-refractivity contribution in [3.8, 4) is 34.3 Å². The van der Waals surface area contributed by atoms with Crippen LogP contribution in [0.2, 0.25) is 0 Å². The number of halogens is 1. The molecular formula is C29H27FN4O4. The van der Waals surface area contributed by atoms with Crippen molar-refractivity contribution in [1.29, 1.82) is 5.26 Å². The molecule has 2 atom stereocenters. The lowest BCUT2D eigenvalue weighted by Gasteiger charge is -2.28. The van der Waals surface area contributed by atoms with Crippen molar-refractivity contribution in [3.63, 3.8) is 0 Å². The third-order valence-corrected chi connectivity index (χ3v) is 6.61. The second-order valence-corrected chi connectivity index (χ2v) is 9.30. The van der Waals surface area contributed by atoms with Crippen LogP contribution in [0, 0.1) is 11.3 Å². The Labute approximate surface area is 219 Å². The number of alkyl halides is 1. The number of hydrogen-bond acceptors (Lipinski definition) is 7. The van der Waals surface area contributed by atoms with Crippen LogP contribution in [0.1, 0.15) is 22.3 Å². The summed E-state index contributed by atoms with van der Waals surface area (Å²) in [6, 6.07) is 16.1. The summed E-state index contributed by atoms with van der Waals surface area (Å²) >= 11 is 0. The number of amides is 1. The Morgan fingerprint density at radius 3 is 2.76 bits per heavy atom. The molecule has 1 N–H and O–H groups in total. The van der Waals surface area contributed by atoms with Crippen LogP contribution in [0.15, 0.2) is 59.1 Å². The van der Waals surface area contributed by atoms with E-state index in [2.05, 4.69) is 16.4 Å². The van der Waals surface area contributed by atoms with Gasteiger partial charge in [-0.2, -0.15) is 5.26 Å². The number of carbonyl (C=O) groups is 1. The molecule has 8 nitrogen and oxygen atoms in total. The van der Waals surface area contributed by atoms with Crippen LogP contribution in [-0.2, 0) is 4.74 Å². The van der Waals surface area contributed by atoms with Gasteiger partial charge in [-0.3, -0.25) is 9.78 Å². The maximum absolute atomic E-state index is 14.3. The van der Waals surface area contributed by atoms with Gasteiger partial charge in [-0.15, -0.1) is 0 Å². The third-order valence-electron chi connectivity index (χ3n) is 6.61. The average Bonchev–Trinajstić information content (AvgIpc) is 3.38. The van der Waals surface area contributed by atoms with Gasteiger partial charge in [0.2, 0.25) is 0 Å². The number of benzene rings is 2. The average molecular weight is 515 g/mol. The van der Waals surface area contributed by atoms with E-state index in [9.17, 15) is 14.4 Å². The van der Waals surface area contributed by atoms with Crippen LogP contribution in [-0.4, -0.2) is 62.4 Å². The number of methoxy groups -OCH3 is 1. The zero-order valence-electron chi connectivity index (χ0n) is 21.3. The number of hydrogen-bond donors (Lipinski definition) is 1. The number of rotatable bonds is 6. The molecule has 0 bridgehead atoms. The molecule has 5 rings (SSSR count). The Morgan fingerprint density at radius 2 is 2.03 bits per heavy atom. The van der Waals surface area contributed by atoms with Gasteiger partial charge in [-0.25, -0.2) is 4.39 Å². The number of carbonyl (C=O) groups excluding carboxylic acids is 1. The smallest absolute Gasteiger partial charge is 0.253 e. The number of ether oxygens (including phenoxy) is 2. The minimum absolute atomic E-state index is 0.0485. The predicted octanol–water partition coefficient (Wildman–Crippen LogP) is 5.28. The molecule has 1 amide bonds. The SMILES string of the molecule is COc1cc(C(=O)N(C)C)ccc1-c1cc2nccc(-c3ccc(NC4CCOCC4F)c(C#N)c3)c2o1. The van der Waals surface area contributed by atoms with Gasteiger partial charge < -0.3 is 24.1 Å². The Morgan fingerprint density at radius 1 is 1.18 bits per heavy atom. The minimum Gasteiger partial charge on any atom is -0.496 e. The minimum atomic E-state index is -1.14. The van der Waals surface area contributed by atoms with E-state index in [4.69, 9.17) is 13.9 Å².